The molecule has 0 saturated heterocycles. The number of nitrogens with zero attached hydrogens (tertiary/aromatic N) is 6. The standard InChI is InChI=1S/C58H76N6O7/c1-55(2,3)45-25-37-21-41-29-47(57(7,8)9)31-43-23-39-27-46(56(4,5)6)28-40(52(39)66)24-44-32-48(58(10,11)12)30-42(22-38(26-45)51(37)65)54(44)71-36-50-34-64(62-60-50)14-16-68-18-20-69-19-17-67-15-13-63-33-49(59-61-63)35-70-53(41)43/h25-34,65-66H,13-24,35-36H2,1-12H3. The Hall–Kier alpha value is -5.76. The van der Waals surface area contributed by atoms with Crippen molar-refractivity contribution in [3.63, 3.8) is 0 Å². The summed E-state index contributed by atoms with van der Waals surface area (Å²) in [5, 5.41) is 43.3. The molecule has 9 rings (SSSR count). The van der Waals surface area contributed by atoms with E-state index in [2.05, 4.69) is 152 Å². The first-order valence-electron chi connectivity index (χ1n) is 25.3. The largest absolute Gasteiger partial charge is 0.507 e. The van der Waals surface area contributed by atoms with Crippen LogP contribution in [0.2, 0.25) is 0 Å². The van der Waals surface area contributed by atoms with Crippen LogP contribution in [0.5, 0.6) is 23.0 Å². The molecular formula is C58H76N6O7. The lowest BCUT2D eigenvalue weighted by atomic mass is 9.79. The van der Waals surface area contributed by atoms with Crippen molar-refractivity contribution in [2.24, 2.45) is 0 Å². The first-order chi connectivity index (χ1) is 33.5. The molecule has 4 aromatic carbocycles. The molecule has 0 saturated carbocycles. The van der Waals surface area contributed by atoms with E-state index in [0.717, 1.165) is 66.8 Å². The summed E-state index contributed by atoms with van der Waals surface area (Å²) in [7, 11) is 0. The van der Waals surface area contributed by atoms with E-state index >= 15 is 0 Å². The molecule has 2 aliphatic heterocycles. The maximum absolute atomic E-state index is 12.7. The van der Waals surface area contributed by atoms with E-state index in [1.807, 2.05) is 12.4 Å². The molecule has 380 valence electrons. The molecule has 14 bridgehead atoms. The van der Waals surface area contributed by atoms with E-state index in [0.29, 0.717) is 101 Å². The minimum absolute atomic E-state index is 0.161. The second-order valence-corrected chi connectivity index (χ2v) is 23.6. The molecule has 0 unspecified atom stereocenters. The lowest BCUT2D eigenvalue weighted by Gasteiger charge is -2.28. The maximum atomic E-state index is 12.7. The van der Waals surface area contributed by atoms with Crippen molar-refractivity contribution in [1.29, 1.82) is 0 Å². The van der Waals surface area contributed by atoms with Gasteiger partial charge in [0.25, 0.3) is 0 Å². The fraction of sp³-hybridized carbons (Fsp3) is 0.517. The van der Waals surface area contributed by atoms with Crippen molar-refractivity contribution in [3.05, 3.63) is 139 Å². The fourth-order valence-electron chi connectivity index (χ4n) is 9.19. The quantitative estimate of drug-likeness (QED) is 0.140. The molecule has 2 N–H and O–H groups in total. The number of phenolic OH excluding ortho intramolecular Hbond substituents is 2. The summed E-state index contributed by atoms with van der Waals surface area (Å²) in [5.41, 5.74) is 11.8. The van der Waals surface area contributed by atoms with E-state index in [1.54, 1.807) is 9.36 Å². The molecule has 13 nitrogen and oxygen atoms in total. The highest BCUT2D eigenvalue weighted by Gasteiger charge is 2.29. The van der Waals surface area contributed by atoms with Crippen LogP contribution in [0.15, 0.2) is 60.9 Å². The number of fused-ring (bicyclic) bond motifs is 12. The van der Waals surface area contributed by atoms with Crippen LogP contribution in [0, 0.1) is 0 Å². The smallest absolute Gasteiger partial charge is 0.134 e. The number of benzene rings is 4. The highest BCUT2D eigenvalue weighted by Crippen LogP contribution is 2.44. The first kappa shape index (κ1) is 51.6. The zero-order chi connectivity index (χ0) is 50.9. The molecule has 4 heterocycles. The third-order valence-corrected chi connectivity index (χ3v) is 13.6. The van der Waals surface area contributed by atoms with Crippen LogP contribution in [0.4, 0.5) is 0 Å². The molecule has 0 atom stereocenters. The molecule has 6 aromatic rings. The summed E-state index contributed by atoms with van der Waals surface area (Å²) in [6.45, 7) is 30.6. The van der Waals surface area contributed by atoms with Gasteiger partial charge in [0.2, 0.25) is 0 Å². The Bertz CT molecular complexity index is 2550. The number of hydrogen-bond donors (Lipinski definition) is 2. The fourth-order valence-corrected chi connectivity index (χ4v) is 9.19. The minimum Gasteiger partial charge on any atom is -0.507 e. The van der Waals surface area contributed by atoms with Crippen molar-refractivity contribution in [3.8, 4) is 23.0 Å². The van der Waals surface area contributed by atoms with Gasteiger partial charge in [0.05, 0.1) is 65.1 Å². The van der Waals surface area contributed by atoms with Gasteiger partial charge in [-0.3, -0.25) is 0 Å². The monoisotopic (exact) mass is 969 g/mol. The summed E-state index contributed by atoms with van der Waals surface area (Å²) in [5.74, 6) is 1.88. The summed E-state index contributed by atoms with van der Waals surface area (Å²) >= 11 is 0. The average molecular weight is 969 g/mol. The number of aromatic nitrogens is 6. The topological polar surface area (TPSA) is 148 Å². The van der Waals surface area contributed by atoms with Crippen molar-refractivity contribution in [2.45, 2.75) is 157 Å². The molecule has 3 aliphatic rings. The molecule has 0 fully saturated rings. The van der Waals surface area contributed by atoms with Crippen molar-refractivity contribution >= 4 is 0 Å². The van der Waals surface area contributed by atoms with E-state index in [4.69, 9.17) is 23.7 Å². The van der Waals surface area contributed by atoms with Crippen LogP contribution < -0.4 is 9.47 Å². The average Bonchev–Trinajstić information content (AvgIpc) is 3.94. The lowest BCUT2D eigenvalue weighted by molar-refractivity contribution is 0.0110. The second kappa shape index (κ2) is 20.8. The molecule has 0 amide bonds. The van der Waals surface area contributed by atoms with Gasteiger partial charge in [-0.25, -0.2) is 9.36 Å². The molecule has 1 aliphatic carbocycles. The highest BCUT2D eigenvalue weighted by atomic mass is 16.5. The lowest BCUT2D eigenvalue weighted by Crippen LogP contribution is -2.16. The Kier molecular flexibility index (Phi) is 15.1. The van der Waals surface area contributed by atoms with Crippen LogP contribution in [0.1, 0.15) is 161 Å². The van der Waals surface area contributed by atoms with Gasteiger partial charge in [-0.05, 0) is 88.4 Å². The van der Waals surface area contributed by atoms with Crippen molar-refractivity contribution in [1.82, 2.24) is 30.0 Å². The van der Waals surface area contributed by atoms with E-state index in [-0.39, 0.29) is 46.4 Å². The molecule has 2 aromatic heterocycles. The second-order valence-electron chi connectivity index (χ2n) is 23.6. The molecule has 0 spiro atoms. The predicted octanol–water partition coefficient (Wildman–Crippen LogP) is 10.4. The third-order valence-electron chi connectivity index (χ3n) is 13.6. The van der Waals surface area contributed by atoms with Crippen LogP contribution in [-0.2, 0) is 87.9 Å². The van der Waals surface area contributed by atoms with Gasteiger partial charge in [-0.2, -0.15) is 0 Å². The van der Waals surface area contributed by atoms with Crippen LogP contribution in [0.3, 0.4) is 0 Å². The molecule has 13 heteroatoms. The van der Waals surface area contributed by atoms with Gasteiger partial charge in [0, 0.05) is 25.7 Å². The molecular weight excluding hydrogens is 893 g/mol. The summed E-state index contributed by atoms with van der Waals surface area (Å²) in [6.07, 6.45) is 5.34. The zero-order valence-corrected chi connectivity index (χ0v) is 44.3. The highest BCUT2D eigenvalue weighted by molar-refractivity contribution is 5.59. The minimum atomic E-state index is -0.239. The van der Waals surface area contributed by atoms with Crippen LogP contribution >= 0.6 is 0 Å². The summed E-state index contributed by atoms with van der Waals surface area (Å²) in [6, 6.07) is 17.6. The Labute approximate surface area is 420 Å². The van der Waals surface area contributed by atoms with Gasteiger partial charge in [-0.1, -0.05) is 142 Å². The SMILES string of the molecule is CC(C)(C)c1cc2c(O)c(c1)Cc1cc(C(C)(C)C)cc3c1OCc1cn(nn1)CCOCCOCCOCCn1cc(nn1)COc1c(cc(C(C)(C)C)cc1Cc1cc(C(C)(C)C)cc(c1O)C3)C2. The Balaban J connectivity index is 1.37. The normalized spacial score (nSPS) is 16.1. The predicted molar refractivity (Wildman–Crippen MR) is 276 cm³/mol. The van der Waals surface area contributed by atoms with Crippen molar-refractivity contribution < 1.29 is 33.9 Å². The van der Waals surface area contributed by atoms with E-state index < -0.39 is 0 Å². The van der Waals surface area contributed by atoms with Gasteiger partial charge >= 0.3 is 0 Å². The molecule has 71 heavy (non-hydrogen) atoms. The van der Waals surface area contributed by atoms with Gasteiger partial charge in [0.1, 0.15) is 47.6 Å². The third kappa shape index (κ3) is 12.7. The number of rotatable bonds is 0. The van der Waals surface area contributed by atoms with Crippen LogP contribution in [-0.4, -0.2) is 79.8 Å². The maximum Gasteiger partial charge on any atom is 0.134 e. The van der Waals surface area contributed by atoms with Gasteiger partial charge in [0.15, 0.2) is 0 Å². The number of phenols is 2. The van der Waals surface area contributed by atoms with Crippen molar-refractivity contribution in [2.75, 3.05) is 39.6 Å². The van der Waals surface area contributed by atoms with E-state index in [9.17, 15) is 10.2 Å². The van der Waals surface area contributed by atoms with Gasteiger partial charge in [-0.15, -0.1) is 10.2 Å². The Morgan fingerprint density at radius 2 is 0.662 bits per heavy atom. The number of aromatic hydroxyl groups is 2. The summed E-state index contributed by atoms with van der Waals surface area (Å²) < 4.78 is 35.0. The Morgan fingerprint density at radius 3 is 0.944 bits per heavy atom. The zero-order valence-electron chi connectivity index (χ0n) is 44.3. The first-order valence-corrected chi connectivity index (χ1v) is 25.3. The number of hydrogen-bond acceptors (Lipinski definition) is 11. The summed E-state index contributed by atoms with van der Waals surface area (Å²) in [4.78, 5) is 0. The van der Waals surface area contributed by atoms with E-state index in [1.165, 1.54) is 0 Å². The van der Waals surface area contributed by atoms with Gasteiger partial charge < -0.3 is 33.9 Å². The Morgan fingerprint density at radius 1 is 0.394 bits per heavy atom. The molecule has 0 radical (unpaired) electrons. The number of ether oxygens (including phenoxy) is 5. The van der Waals surface area contributed by atoms with Crippen LogP contribution in [0.25, 0.3) is 0 Å².